The Morgan fingerprint density at radius 3 is 2.31 bits per heavy atom. The first-order valence-corrected chi connectivity index (χ1v) is 12.6. The Bertz CT molecular complexity index is 1290. The van der Waals surface area contributed by atoms with E-state index < -0.39 is 10.1 Å². The molecule has 0 heterocycles. The van der Waals surface area contributed by atoms with Crippen molar-refractivity contribution < 1.29 is 17.3 Å². The van der Waals surface area contributed by atoms with Crippen molar-refractivity contribution in [2.24, 2.45) is 0 Å². The molecule has 164 valence electrons. The van der Waals surface area contributed by atoms with Crippen LogP contribution in [0.1, 0.15) is 23.6 Å². The molecule has 0 radical (unpaired) electrons. The molecule has 3 aromatic carbocycles. The van der Waals surface area contributed by atoms with E-state index >= 15 is 0 Å². The molecule has 0 fully saturated rings. The van der Waals surface area contributed by atoms with E-state index in [2.05, 4.69) is 37.9 Å². The number of benzene rings is 3. The van der Waals surface area contributed by atoms with Gasteiger partial charge in [-0.3, -0.25) is 0 Å². The quantitative estimate of drug-likeness (QED) is 0.177. The van der Waals surface area contributed by atoms with Crippen molar-refractivity contribution >= 4 is 53.6 Å². The van der Waals surface area contributed by atoms with Crippen molar-refractivity contribution in [3.05, 3.63) is 86.3 Å². The van der Waals surface area contributed by atoms with Crippen LogP contribution in [0.25, 0.3) is 11.6 Å². The van der Waals surface area contributed by atoms with Crippen molar-refractivity contribution in [3.63, 3.8) is 0 Å². The third-order valence-electron chi connectivity index (χ3n) is 4.42. The van der Waals surface area contributed by atoms with Crippen LogP contribution in [0.2, 0.25) is 0 Å². The average molecular weight is 577 g/mol. The van der Waals surface area contributed by atoms with E-state index in [0.717, 1.165) is 15.6 Å². The number of nitrogens with zero attached hydrogens (tertiary/aromatic N) is 1. The number of halogens is 2. The van der Waals surface area contributed by atoms with Gasteiger partial charge in [0.25, 0.3) is 0 Å². The number of allylic oxidation sites excluding steroid dienone is 1. The Morgan fingerprint density at radius 2 is 1.72 bits per heavy atom. The molecule has 0 aliphatic carbocycles. The Labute approximate surface area is 204 Å². The summed E-state index contributed by atoms with van der Waals surface area (Å²) < 4.78 is 38.0. The van der Waals surface area contributed by atoms with Gasteiger partial charge in [-0.05, 0) is 83.4 Å². The summed E-state index contributed by atoms with van der Waals surface area (Å²) in [7, 11) is -4.06. The molecule has 3 rings (SSSR count). The van der Waals surface area contributed by atoms with Gasteiger partial charge in [0.1, 0.15) is 4.90 Å². The van der Waals surface area contributed by atoms with E-state index in [1.165, 1.54) is 12.1 Å². The highest BCUT2D eigenvalue weighted by atomic mass is 79.9. The van der Waals surface area contributed by atoms with Crippen molar-refractivity contribution in [1.82, 2.24) is 0 Å². The largest absolute Gasteiger partial charge is 0.490 e. The molecule has 0 aliphatic rings. The van der Waals surface area contributed by atoms with Crippen molar-refractivity contribution in [2.75, 3.05) is 6.61 Å². The molecule has 0 saturated carbocycles. The minimum atomic E-state index is -4.06. The zero-order valence-corrected chi connectivity index (χ0v) is 21.3. The molecule has 32 heavy (non-hydrogen) atoms. The van der Waals surface area contributed by atoms with E-state index in [1.807, 2.05) is 31.2 Å². The molecule has 0 spiro atoms. The maximum absolute atomic E-state index is 12.8. The lowest BCUT2D eigenvalue weighted by Crippen LogP contribution is -2.11. The average Bonchev–Trinajstić information content (AvgIpc) is 2.75. The molecule has 0 N–H and O–H groups in total. The van der Waals surface area contributed by atoms with Crippen molar-refractivity contribution in [2.45, 2.75) is 18.7 Å². The highest BCUT2D eigenvalue weighted by molar-refractivity contribution is 9.10. The molecule has 0 amide bonds. The summed E-state index contributed by atoms with van der Waals surface area (Å²) in [5.41, 5.74) is 2.80. The topological polar surface area (TPSA) is 76.4 Å². The molecule has 0 saturated heterocycles. The molecule has 0 bridgehead atoms. The van der Waals surface area contributed by atoms with Gasteiger partial charge in [0, 0.05) is 4.47 Å². The van der Waals surface area contributed by atoms with Gasteiger partial charge in [0.05, 0.1) is 22.7 Å². The second kappa shape index (κ2) is 10.3. The molecule has 0 aromatic heterocycles. The van der Waals surface area contributed by atoms with Gasteiger partial charge in [0.2, 0.25) is 0 Å². The molecule has 0 unspecified atom stereocenters. The summed E-state index contributed by atoms with van der Waals surface area (Å²) in [5.74, 6) is 0.295. The fraction of sp³-hybridized carbons (Fsp3) is 0.125. The number of ether oxygens (including phenoxy) is 1. The van der Waals surface area contributed by atoms with Crippen LogP contribution in [-0.4, -0.2) is 15.0 Å². The Morgan fingerprint density at radius 1 is 1.06 bits per heavy atom. The maximum atomic E-state index is 12.8. The Kier molecular flexibility index (Phi) is 7.77. The molecule has 0 atom stereocenters. The number of rotatable bonds is 7. The van der Waals surface area contributed by atoms with E-state index in [9.17, 15) is 13.7 Å². The molecule has 5 nitrogen and oxygen atoms in total. The van der Waals surface area contributed by atoms with E-state index in [4.69, 9.17) is 8.92 Å². The SMILES string of the molecule is CCOc1cc(/C=C(\C#N)c2ccc(Br)cc2)cc(Br)c1OS(=O)(=O)c1ccc(C)cc1. The predicted molar refractivity (Wildman–Crippen MR) is 132 cm³/mol. The first-order chi connectivity index (χ1) is 15.2. The second-order valence-electron chi connectivity index (χ2n) is 6.79. The lowest BCUT2D eigenvalue weighted by Gasteiger charge is -2.15. The number of hydrogen-bond donors (Lipinski definition) is 0. The zero-order valence-electron chi connectivity index (χ0n) is 17.3. The summed E-state index contributed by atoms with van der Waals surface area (Å²) in [6, 6.07) is 19.3. The van der Waals surface area contributed by atoms with Gasteiger partial charge >= 0.3 is 10.1 Å². The van der Waals surface area contributed by atoms with Gasteiger partial charge in [-0.1, -0.05) is 45.8 Å². The molecule has 8 heteroatoms. The first-order valence-electron chi connectivity index (χ1n) is 9.58. The smallest absolute Gasteiger partial charge is 0.339 e. The second-order valence-corrected chi connectivity index (χ2v) is 10.1. The highest BCUT2D eigenvalue weighted by Gasteiger charge is 2.22. The van der Waals surface area contributed by atoms with Gasteiger partial charge in [0.15, 0.2) is 11.5 Å². The Balaban J connectivity index is 2.02. The van der Waals surface area contributed by atoms with Crippen LogP contribution in [0.15, 0.2) is 74.5 Å². The number of hydrogen-bond acceptors (Lipinski definition) is 5. The monoisotopic (exact) mass is 575 g/mol. The summed E-state index contributed by atoms with van der Waals surface area (Å²) in [6.45, 7) is 3.96. The summed E-state index contributed by atoms with van der Waals surface area (Å²) in [6.07, 6.45) is 1.70. The van der Waals surface area contributed by atoms with Gasteiger partial charge in [-0.2, -0.15) is 13.7 Å². The molecular weight excluding hydrogens is 558 g/mol. The summed E-state index contributed by atoms with van der Waals surface area (Å²) in [5, 5.41) is 9.63. The number of aryl methyl sites for hydroxylation is 1. The Hall–Kier alpha value is -2.60. The normalized spacial score (nSPS) is 11.7. The maximum Gasteiger partial charge on any atom is 0.339 e. The van der Waals surface area contributed by atoms with Crippen LogP contribution in [0.5, 0.6) is 11.5 Å². The van der Waals surface area contributed by atoms with E-state index in [-0.39, 0.29) is 16.4 Å². The van der Waals surface area contributed by atoms with Crippen LogP contribution in [0.3, 0.4) is 0 Å². The van der Waals surface area contributed by atoms with Gasteiger partial charge in [-0.15, -0.1) is 0 Å². The number of nitriles is 1. The minimum Gasteiger partial charge on any atom is -0.490 e. The lowest BCUT2D eigenvalue weighted by atomic mass is 10.0. The summed E-state index contributed by atoms with van der Waals surface area (Å²) >= 11 is 6.78. The fourth-order valence-electron chi connectivity index (χ4n) is 2.85. The third kappa shape index (κ3) is 5.80. The van der Waals surface area contributed by atoms with Crippen LogP contribution in [0, 0.1) is 18.3 Å². The molecular formula is C24H19Br2NO4S. The fourth-order valence-corrected chi connectivity index (χ4v) is 4.72. The minimum absolute atomic E-state index is 0.0448. The van der Waals surface area contributed by atoms with E-state index in [1.54, 1.807) is 37.3 Å². The highest BCUT2D eigenvalue weighted by Crippen LogP contribution is 2.39. The van der Waals surface area contributed by atoms with Gasteiger partial charge < -0.3 is 8.92 Å². The standard InChI is InChI=1S/C24H19Br2NO4S/c1-3-30-23-14-17(12-19(15-27)18-6-8-20(25)9-7-18)13-22(26)24(23)31-32(28,29)21-10-4-16(2)5-11-21/h4-14H,3H2,1-2H3/b19-12+. The van der Waals surface area contributed by atoms with Crippen LogP contribution < -0.4 is 8.92 Å². The van der Waals surface area contributed by atoms with Crippen LogP contribution in [-0.2, 0) is 10.1 Å². The van der Waals surface area contributed by atoms with Crippen molar-refractivity contribution in [3.8, 4) is 17.6 Å². The van der Waals surface area contributed by atoms with E-state index in [0.29, 0.717) is 22.2 Å². The van der Waals surface area contributed by atoms with Crippen molar-refractivity contribution in [1.29, 1.82) is 5.26 Å². The van der Waals surface area contributed by atoms with Gasteiger partial charge in [-0.25, -0.2) is 0 Å². The summed E-state index contributed by atoms with van der Waals surface area (Å²) in [4.78, 5) is 0.0448. The third-order valence-corrected chi connectivity index (χ3v) is 6.77. The first kappa shape index (κ1) is 24.1. The van der Waals surface area contributed by atoms with Crippen LogP contribution >= 0.6 is 31.9 Å². The predicted octanol–water partition coefficient (Wildman–Crippen LogP) is 6.75. The zero-order chi connectivity index (χ0) is 23.3. The van der Waals surface area contributed by atoms with Crippen LogP contribution in [0.4, 0.5) is 0 Å². The lowest BCUT2D eigenvalue weighted by molar-refractivity contribution is 0.327. The molecule has 0 aliphatic heterocycles. The molecule has 3 aromatic rings.